The average molecular weight is 283 g/mol. The molecule has 0 amide bonds. The zero-order chi connectivity index (χ0) is 14.7. The molecule has 0 spiro atoms. The van der Waals surface area contributed by atoms with E-state index in [1.54, 1.807) is 12.5 Å². The number of nitrogens with zero attached hydrogens (tertiary/aromatic N) is 2. The molecule has 0 fully saturated rings. The zero-order valence-corrected chi connectivity index (χ0v) is 11.8. The largest absolute Gasteiger partial charge is 0.469 e. The first-order chi connectivity index (χ1) is 10.2. The third kappa shape index (κ3) is 3.13. The van der Waals surface area contributed by atoms with Crippen LogP contribution in [0.15, 0.2) is 58.1 Å². The summed E-state index contributed by atoms with van der Waals surface area (Å²) in [4.78, 5) is 16.4. The second kappa shape index (κ2) is 5.83. The molecule has 3 aromatic rings. The van der Waals surface area contributed by atoms with Crippen molar-refractivity contribution in [2.45, 2.75) is 25.8 Å². The summed E-state index contributed by atoms with van der Waals surface area (Å²) >= 11 is 0. The highest BCUT2D eigenvalue weighted by Gasteiger charge is 2.07. The molecule has 0 aromatic carbocycles. The van der Waals surface area contributed by atoms with E-state index >= 15 is 0 Å². The van der Waals surface area contributed by atoms with Gasteiger partial charge in [0.2, 0.25) is 0 Å². The van der Waals surface area contributed by atoms with Gasteiger partial charge in [0.05, 0.1) is 6.26 Å². The van der Waals surface area contributed by atoms with Gasteiger partial charge in [0, 0.05) is 24.7 Å². The molecule has 5 nitrogen and oxygen atoms in total. The van der Waals surface area contributed by atoms with Gasteiger partial charge in [-0.2, -0.15) is 0 Å². The number of nitrogens with one attached hydrogen (secondary N) is 1. The van der Waals surface area contributed by atoms with Gasteiger partial charge < -0.3 is 9.73 Å². The molecule has 5 heteroatoms. The van der Waals surface area contributed by atoms with Crippen LogP contribution in [0.3, 0.4) is 0 Å². The molecule has 0 aliphatic carbocycles. The van der Waals surface area contributed by atoms with Crippen LogP contribution in [0.25, 0.3) is 5.65 Å². The molecule has 108 valence electrons. The number of furan rings is 1. The minimum Gasteiger partial charge on any atom is -0.469 e. The lowest BCUT2D eigenvalue weighted by atomic mass is 10.1. The van der Waals surface area contributed by atoms with Crippen LogP contribution in [0.4, 0.5) is 5.82 Å². The number of aromatic nitrogens is 2. The molecule has 3 rings (SSSR count). The number of anilines is 1. The Kier molecular flexibility index (Phi) is 3.73. The van der Waals surface area contributed by atoms with Crippen molar-refractivity contribution in [1.82, 2.24) is 9.38 Å². The predicted molar refractivity (Wildman–Crippen MR) is 81.6 cm³/mol. The maximum absolute atomic E-state index is 12.0. The highest BCUT2D eigenvalue weighted by Crippen LogP contribution is 2.10. The first-order valence-electron chi connectivity index (χ1n) is 7.00. The molecule has 0 unspecified atom stereocenters. The van der Waals surface area contributed by atoms with Gasteiger partial charge in [0.1, 0.15) is 17.2 Å². The predicted octanol–water partition coefficient (Wildman–Crippen LogP) is 2.72. The van der Waals surface area contributed by atoms with Gasteiger partial charge in [-0.3, -0.25) is 9.20 Å². The van der Waals surface area contributed by atoms with Crippen LogP contribution in [0.1, 0.15) is 19.1 Å². The monoisotopic (exact) mass is 283 g/mol. The Hall–Kier alpha value is -2.56. The summed E-state index contributed by atoms with van der Waals surface area (Å²) in [7, 11) is 0. The lowest BCUT2D eigenvalue weighted by molar-refractivity contribution is 0.495. The third-order valence-corrected chi connectivity index (χ3v) is 3.37. The Labute approximate surface area is 122 Å². The van der Waals surface area contributed by atoms with Crippen molar-refractivity contribution in [1.29, 1.82) is 0 Å². The van der Waals surface area contributed by atoms with Crippen molar-refractivity contribution >= 4 is 11.5 Å². The second-order valence-corrected chi connectivity index (χ2v) is 5.07. The van der Waals surface area contributed by atoms with Crippen molar-refractivity contribution in [2.24, 2.45) is 0 Å². The molecule has 0 saturated carbocycles. The third-order valence-electron chi connectivity index (χ3n) is 3.37. The normalized spacial score (nSPS) is 12.4. The maximum atomic E-state index is 12.0. The van der Waals surface area contributed by atoms with Crippen LogP contribution in [0, 0.1) is 0 Å². The Bertz CT molecular complexity index is 778. The van der Waals surface area contributed by atoms with Crippen LogP contribution in [0.2, 0.25) is 0 Å². The number of aryl methyl sites for hydroxylation is 1. The summed E-state index contributed by atoms with van der Waals surface area (Å²) in [6, 6.07) is 11.1. The van der Waals surface area contributed by atoms with Crippen LogP contribution in [-0.4, -0.2) is 15.4 Å². The summed E-state index contributed by atoms with van der Waals surface area (Å²) in [5.41, 5.74) is 0.562. The van der Waals surface area contributed by atoms with Gasteiger partial charge in [-0.05, 0) is 37.6 Å². The summed E-state index contributed by atoms with van der Waals surface area (Å²) in [5, 5.41) is 3.27. The van der Waals surface area contributed by atoms with Crippen molar-refractivity contribution in [3.8, 4) is 0 Å². The van der Waals surface area contributed by atoms with Gasteiger partial charge in [0.25, 0.3) is 5.56 Å². The molecule has 0 radical (unpaired) electrons. The molecule has 1 atom stereocenters. The SMILES string of the molecule is C[C@@H](CCc1ccco1)Nc1cc(=O)n2ccccc2n1. The fourth-order valence-electron chi connectivity index (χ4n) is 2.27. The van der Waals surface area contributed by atoms with Crippen LogP contribution < -0.4 is 10.9 Å². The standard InChI is InChI=1S/C16H17N3O2/c1-12(7-8-13-5-4-10-21-13)17-14-11-16(20)19-9-3-2-6-15(19)18-14/h2-6,9-12,17H,7-8H2,1H3/t12-/m0/s1. The highest BCUT2D eigenvalue weighted by molar-refractivity contribution is 5.46. The Morgan fingerprint density at radius 1 is 1.33 bits per heavy atom. The van der Waals surface area contributed by atoms with E-state index in [-0.39, 0.29) is 11.6 Å². The topological polar surface area (TPSA) is 59.5 Å². The zero-order valence-electron chi connectivity index (χ0n) is 11.8. The number of fused-ring (bicyclic) bond motifs is 1. The summed E-state index contributed by atoms with van der Waals surface area (Å²) in [6.45, 7) is 2.07. The van der Waals surface area contributed by atoms with Gasteiger partial charge in [-0.1, -0.05) is 6.07 Å². The van der Waals surface area contributed by atoms with Gasteiger partial charge in [0.15, 0.2) is 0 Å². The quantitative estimate of drug-likeness (QED) is 0.782. The van der Waals surface area contributed by atoms with E-state index in [0.717, 1.165) is 18.6 Å². The van der Waals surface area contributed by atoms with Gasteiger partial charge in [-0.15, -0.1) is 0 Å². The minimum absolute atomic E-state index is 0.0821. The van der Waals surface area contributed by atoms with E-state index in [4.69, 9.17) is 4.42 Å². The lowest BCUT2D eigenvalue weighted by Crippen LogP contribution is -2.21. The molecule has 3 aromatic heterocycles. The minimum atomic E-state index is -0.0821. The molecule has 0 bridgehead atoms. The van der Waals surface area contributed by atoms with Crippen LogP contribution in [0.5, 0.6) is 0 Å². The van der Waals surface area contributed by atoms with E-state index in [2.05, 4.69) is 17.2 Å². The maximum Gasteiger partial charge on any atom is 0.259 e. The Morgan fingerprint density at radius 3 is 3.05 bits per heavy atom. The molecular weight excluding hydrogens is 266 g/mol. The smallest absolute Gasteiger partial charge is 0.259 e. The molecule has 3 heterocycles. The molecule has 0 aliphatic heterocycles. The lowest BCUT2D eigenvalue weighted by Gasteiger charge is -2.14. The fourth-order valence-corrected chi connectivity index (χ4v) is 2.27. The second-order valence-electron chi connectivity index (χ2n) is 5.07. The van der Waals surface area contributed by atoms with Crippen molar-refractivity contribution in [3.63, 3.8) is 0 Å². The summed E-state index contributed by atoms with van der Waals surface area (Å²) in [6.07, 6.45) is 5.16. The fraction of sp³-hybridized carbons (Fsp3) is 0.250. The molecule has 1 N–H and O–H groups in total. The molecule has 0 saturated heterocycles. The van der Waals surface area contributed by atoms with Gasteiger partial charge in [-0.25, -0.2) is 4.98 Å². The van der Waals surface area contributed by atoms with E-state index in [0.29, 0.717) is 11.5 Å². The van der Waals surface area contributed by atoms with E-state index in [1.807, 2.05) is 30.3 Å². The highest BCUT2D eigenvalue weighted by atomic mass is 16.3. The first-order valence-corrected chi connectivity index (χ1v) is 7.00. The number of hydrogen-bond acceptors (Lipinski definition) is 4. The van der Waals surface area contributed by atoms with Crippen LogP contribution >= 0.6 is 0 Å². The van der Waals surface area contributed by atoms with Crippen molar-refractivity contribution in [3.05, 3.63) is 65.0 Å². The van der Waals surface area contributed by atoms with E-state index in [1.165, 1.54) is 10.5 Å². The van der Waals surface area contributed by atoms with E-state index < -0.39 is 0 Å². The molecular formula is C16H17N3O2. The Morgan fingerprint density at radius 2 is 2.24 bits per heavy atom. The van der Waals surface area contributed by atoms with E-state index in [9.17, 15) is 4.79 Å². The number of pyridine rings is 1. The molecule has 0 aliphatic rings. The van der Waals surface area contributed by atoms with Gasteiger partial charge >= 0.3 is 0 Å². The molecule has 21 heavy (non-hydrogen) atoms. The summed E-state index contributed by atoms with van der Waals surface area (Å²) in [5.74, 6) is 1.58. The van der Waals surface area contributed by atoms with Crippen LogP contribution in [-0.2, 0) is 6.42 Å². The Balaban J connectivity index is 1.71. The average Bonchev–Trinajstić information content (AvgIpc) is 2.98. The number of hydrogen-bond donors (Lipinski definition) is 1. The number of rotatable bonds is 5. The van der Waals surface area contributed by atoms with Crippen molar-refractivity contribution in [2.75, 3.05) is 5.32 Å². The van der Waals surface area contributed by atoms with Crippen molar-refractivity contribution < 1.29 is 4.42 Å². The first kappa shape index (κ1) is 13.4. The summed E-state index contributed by atoms with van der Waals surface area (Å²) < 4.78 is 6.84.